The van der Waals surface area contributed by atoms with E-state index in [2.05, 4.69) is 13.8 Å². The topological polar surface area (TPSA) is 22.0 Å². The average Bonchev–Trinajstić information content (AvgIpc) is 2.54. The monoisotopic (exact) mass is 277 g/mol. The van der Waals surface area contributed by atoms with Crippen LogP contribution in [0.1, 0.15) is 24.6 Å². The van der Waals surface area contributed by atoms with Crippen LogP contribution in [-0.4, -0.2) is 4.57 Å². The number of pyridine rings is 1. The predicted octanol–water partition coefficient (Wildman–Crippen LogP) is 4.25. The highest BCUT2D eigenvalue weighted by molar-refractivity contribution is 5.85. The summed E-state index contributed by atoms with van der Waals surface area (Å²) >= 11 is 0. The lowest BCUT2D eigenvalue weighted by Gasteiger charge is -2.17. The second kappa shape index (κ2) is 5.57. The van der Waals surface area contributed by atoms with Crippen LogP contribution in [0.2, 0.25) is 0 Å². The third kappa shape index (κ3) is 2.27. The molecule has 3 rings (SSSR count). The molecule has 106 valence electrons. The van der Waals surface area contributed by atoms with E-state index in [1.807, 2.05) is 59.2 Å². The third-order valence-electron chi connectivity index (χ3n) is 3.97. The van der Waals surface area contributed by atoms with Crippen molar-refractivity contribution in [3.63, 3.8) is 0 Å². The van der Waals surface area contributed by atoms with Gasteiger partial charge in [-0.3, -0.25) is 9.36 Å². The molecular formula is C19H19NO. The fraction of sp³-hybridized carbons (Fsp3) is 0.211. The minimum atomic E-state index is 0.0749. The van der Waals surface area contributed by atoms with Crippen molar-refractivity contribution in [1.82, 2.24) is 4.57 Å². The molecule has 0 saturated carbocycles. The van der Waals surface area contributed by atoms with Crippen LogP contribution in [0.25, 0.3) is 16.5 Å². The van der Waals surface area contributed by atoms with Crippen molar-refractivity contribution in [3.8, 4) is 5.69 Å². The maximum absolute atomic E-state index is 12.9. The highest BCUT2D eigenvalue weighted by atomic mass is 16.1. The molecule has 0 spiro atoms. The molecule has 0 radical (unpaired) electrons. The van der Waals surface area contributed by atoms with E-state index < -0.39 is 0 Å². The first-order valence-corrected chi connectivity index (χ1v) is 7.42. The van der Waals surface area contributed by atoms with Crippen molar-refractivity contribution in [2.45, 2.75) is 26.7 Å². The zero-order valence-corrected chi connectivity index (χ0v) is 12.5. The predicted molar refractivity (Wildman–Crippen MR) is 88.3 cm³/mol. The van der Waals surface area contributed by atoms with Gasteiger partial charge in [0.2, 0.25) is 0 Å². The Labute approximate surface area is 124 Å². The van der Waals surface area contributed by atoms with Crippen molar-refractivity contribution in [2.24, 2.45) is 0 Å². The Morgan fingerprint density at radius 1 is 0.905 bits per heavy atom. The first kappa shape index (κ1) is 13.6. The molecule has 0 bridgehead atoms. The summed E-state index contributed by atoms with van der Waals surface area (Å²) in [6.45, 7) is 4.26. The standard InChI is InChI=1S/C19H19NO/c1-3-9-18-14(2)16-12-7-8-13-17(16)19(21)20(18)15-10-5-4-6-11-15/h4-8,10-13H,3,9H2,1-2H3. The van der Waals surface area contributed by atoms with Crippen molar-refractivity contribution in [2.75, 3.05) is 0 Å². The minimum absolute atomic E-state index is 0.0749. The average molecular weight is 277 g/mol. The number of hydrogen-bond donors (Lipinski definition) is 0. The van der Waals surface area contributed by atoms with Gasteiger partial charge in [0.25, 0.3) is 5.56 Å². The van der Waals surface area contributed by atoms with Gasteiger partial charge in [0, 0.05) is 16.8 Å². The molecule has 3 aromatic rings. The van der Waals surface area contributed by atoms with Gasteiger partial charge in [-0.15, -0.1) is 0 Å². The zero-order chi connectivity index (χ0) is 14.8. The fourth-order valence-corrected chi connectivity index (χ4v) is 2.95. The number of fused-ring (bicyclic) bond motifs is 1. The van der Waals surface area contributed by atoms with Crippen molar-refractivity contribution < 1.29 is 0 Å². The van der Waals surface area contributed by atoms with Gasteiger partial charge in [-0.05, 0) is 42.5 Å². The second-order valence-corrected chi connectivity index (χ2v) is 5.34. The Balaban J connectivity index is 2.44. The van der Waals surface area contributed by atoms with E-state index >= 15 is 0 Å². The number of aryl methyl sites for hydroxylation is 1. The Morgan fingerprint density at radius 2 is 1.52 bits per heavy atom. The Kier molecular flexibility index (Phi) is 3.61. The normalized spacial score (nSPS) is 11.0. The van der Waals surface area contributed by atoms with Gasteiger partial charge in [0.15, 0.2) is 0 Å². The molecule has 0 saturated heterocycles. The summed E-state index contributed by atoms with van der Waals surface area (Å²) in [7, 11) is 0. The summed E-state index contributed by atoms with van der Waals surface area (Å²) in [5.74, 6) is 0. The van der Waals surface area contributed by atoms with E-state index in [0.29, 0.717) is 0 Å². The van der Waals surface area contributed by atoms with E-state index in [1.54, 1.807) is 0 Å². The van der Waals surface area contributed by atoms with Gasteiger partial charge < -0.3 is 0 Å². The summed E-state index contributed by atoms with van der Waals surface area (Å²) in [4.78, 5) is 12.9. The van der Waals surface area contributed by atoms with Crippen molar-refractivity contribution >= 4 is 10.8 Å². The maximum atomic E-state index is 12.9. The lowest BCUT2D eigenvalue weighted by atomic mass is 10.0. The molecule has 0 aliphatic heterocycles. The van der Waals surface area contributed by atoms with Crippen LogP contribution in [-0.2, 0) is 6.42 Å². The zero-order valence-electron chi connectivity index (χ0n) is 12.5. The highest BCUT2D eigenvalue weighted by Crippen LogP contribution is 2.22. The van der Waals surface area contributed by atoms with Crippen LogP contribution in [0.4, 0.5) is 0 Å². The number of hydrogen-bond acceptors (Lipinski definition) is 1. The molecule has 0 atom stereocenters. The lowest BCUT2D eigenvalue weighted by molar-refractivity contribution is 0.807. The number of para-hydroxylation sites is 1. The van der Waals surface area contributed by atoms with E-state index in [0.717, 1.165) is 35.0 Å². The molecule has 2 nitrogen and oxygen atoms in total. The third-order valence-corrected chi connectivity index (χ3v) is 3.97. The first-order valence-electron chi connectivity index (χ1n) is 7.42. The van der Waals surface area contributed by atoms with Crippen LogP contribution >= 0.6 is 0 Å². The quantitative estimate of drug-likeness (QED) is 0.701. The SMILES string of the molecule is CCCc1c(C)c2ccccc2c(=O)n1-c1ccccc1. The summed E-state index contributed by atoms with van der Waals surface area (Å²) in [5, 5.41) is 1.86. The van der Waals surface area contributed by atoms with Crippen LogP contribution in [0, 0.1) is 6.92 Å². The van der Waals surface area contributed by atoms with E-state index in [1.165, 1.54) is 5.56 Å². The number of aromatic nitrogens is 1. The van der Waals surface area contributed by atoms with Gasteiger partial charge in [0.1, 0.15) is 0 Å². The summed E-state index contributed by atoms with van der Waals surface area (Å²) in [6.07, 6.45) is 1.92. The lowest BCUT2D eigenvalue weighted by Crippen LogP contribution is -2.23. The number of benzene rings is 2. The van der Waals surface area contributed by atoms with Crippen LogP contribution < -0.4 is 5.56 Å². The largest absolute Gasteiger partial charge is 0.280 e. The van der Waals surface area contributed by atoms with Crippen molar-refractivity contribution in [3.05, 3.63) is 76.2 Å². The second-order valence-electron chi connectivity index (χ2n) is 5.34. The molecule has 2 heteroatoms. The van der Waals surface area contributed by atoms with Gasteiger partial charge in [-0.25, -0.2) is 0 Å². The molecule has 0 unspecified atom stereocenters. The van der Waals surface area contributed by atoms with Gasteiger partial charge in [0.05, 0.1) is 0 Å². The Morgan fingerprint density at radius 3 is 2.19 bits per heavy atom. The Hall–Kier alpha value is -2.35. The summed E-state index contributed by atoms with van der Waals surface area (Å²) in [6, 6.07) is 17.8. The van der Waals surface area contributed by atoms with Gasteiger partial charge >= 0.3 is 0 Å². The smallest absolute Gasteiger partial charge is 0.263 e. The molecular weight excluding hydrogens is 258 g/mol. The Bertz CT molecular complexity index is 831. The van der Waals surface area contributed by atoms with E-state index in [9.17, 15) is 4.79 Å². The van der Waals surface area contributed by atoms with Gasteiger partial charge in [-0.1, -0.05) is 49.7 Å². The van der Waals surface area contributed by atoms with Crippen LogP contribution in [0.3, 0.4) is 0 Å². The molecule has 2 aromatic carbocycles. The fourth-order valence-electron chi connectivity index (χ4n) is 2.95. The molecule has 21 heavy (non-hydrogen) atoms. The minimum Gasteiger partial charge on any atom is -0.280 e. The molecule has 1 heterocycles. The van der Waals surface area contributed by atoms with E-state index in [-0.39, 0.29) is 5.56 Å². The molecule has 0 aliphatic rings. The molecule has 0 amide bonds. The summed E-state index contributed by atoms with van der Waals surface area (Å²) in [5.41, 5.74) is 3.34. The molecule has 0 fully saturated rings. The van der Waals surface area contributed by atoms with Crippen LogP contribution in [0.15, 0.2) is 59.4 Å². The summed E-state index contributed by atoms with van der Waals surface area (Å²) < 4.78 is 1.88. The molecule has 1 aromatic heterocycles. The van der Waals surface area contributed by atoms with Gasteiger partial charge in [-0.2, -0.15) is 0 Å². The maximum Gasteiger partial charge on any atom is 0.263 e. The van der Waals surface area contributed by atoms with E-state index in [4.69, 9.17) is 0 Å². The molecule has 0 aliphatic carbocycles. The number of nitrogens with zero attached hydrogens (tertiary/aromatic N) is 1. The number of rotatable bonds is 3. The molecule has 0 N–H and O–H groups in total. The first-order chi connectivity index (χ1) is 10.2. The van der Waals surface area contributed by atoms with Crippen molar-refractivity contribution in [1.29, 1.82) is 0 Å². The van der Waals surface area contributed by atoms with Crippen LogP contribution in [0.5, 0.6) is 0 Å². The highest BCUT2D eigenvalue weighted by Gasteiger charge is 2.14.